The number of thiophene rings is 1. The molecule has 0 amide bonds. The quantitative estimate of drug-likeness (QED) is 0.926. The summed E-state index contributed by atoms with van der Waals surface area (Å²) in [6.07, 6.45) is 1.73. The van der Waals surface area contributed by atoms with Crippen molar-refractivity contribution in [1.82, 2.24) is 4.98 Å². The smallest absolute Gasteiger partial charge is 0.134 e. The molecule has 2 aromatic rings. The van der Waals surface area contributed by atoms with E-state index >= 15 is 0 Å². The molecule has 0 fully saturated rings. The van der Waals surface area contributed by atoms with Gasteiger partial charge in [0.05, 0.1) is 17.5 Å². The molecule has 0 atom stereocenters. The SMILES string of the molecule is CN(Cc1ccc(Cl)s1)c1ncccc1CO. The summed E-state index contributed by atoms with van der Waals surface area (Å²) < 4.78 is 0.789. The van der Waals surface area contributed by atoms with Crippen LogP contribution in [0.25, 0.3) is 0 Å². The molecule has 0 saturated heterocycles. The Morgan fingerprint density at radius 3 is 2.88 bits per heavy atom. The molecule has 0 aliphatic rings. The van der Waals surface area contributed by atoms with Crippen molar-refractivity contribution in [3.8, 4) is 0 Å². The van der Waals surface area contributed by atoms with Crippen molar-refractivity contribution in [1.29, 1.82) is 0 Å². The van der Waals surface area contributed by atoms with Gasteiger partial charge < -0.3 is 10.0 Å². The summed E-state index contributed by atoms with van der Waals surface area (Å²) >= 11 is 7.45. The van der Waals surface area contributed by atoms with E-state index in [-0.39, 0.29) is 6.61 Å². The van der Waals surface area contributed by atoms with Crippen LogP contribution in [0.4, 0.5) is 5.82 Å². The van der Waals surface area contributed by atoms with Gasteiger partial charge in [0.25, 0.3) is 0 Å². The third kappa shape index (κ3) is 2.97. The van der Waals surface area contributed by atoms with Gasteiger partial charge in [0.1, 0.15) is 5.82 Å². The molecule has 2 heterocycles. The second-order valence-corrected chi connectivity index (χ2v) is 5.51. The molecule has 0 spiro atoms. The number of aliphatic hydroxyl groups excluding tert-OH is 1. The van der Waals surface area contributed by atoms with Crippen molar-refractivity contribution in [2.75, 3.05) is 11.9 Å². The normalized spacial score (nSPS) is 10.5. The van der Waals surface area contributed by atoms with Gasteiger partial charge in [-0.2, -0.15) is 0 Å². The summed E-state index contributed by atoms with van der Waals surface area (Å²) in [5.41, 5.74) is 0.831. The molecular formula is C12H13ClN2OS. The maximum Gasteiger partial charge on any atom is 0.134 e. The molecule has 90 valence electrons. The Morgan fingerprint density at radius 2 is 2.24 bits per heavy atom. The molecule has 0 unspecified atom stereocenters. The molecule has 2 rings (SSSR count). The van der Waals surface area contributed by atoms with Crippen molar-refractivity contribution in [2.24, 2.45) is 0 Å². The van der Waals surface area contributed by atoms with E-state index in [1.807, 2.05) is 36.2 Å². The second-order valence-electron chi connectivity index (χ2n) is 3.71. The zero-order chi connectivity index (χ0) is 12.3. The van der Waals surface area contributed by atoms with Crippen LogP contribution in [0.5, 0.6) is 0 Å². The van der Waals surface area contributed by atoms with Crippen LogP contribution in [-0.4, -0.2) is 17.1 Å². The number of hydrogen-bond donors (Lipinski definition) is 1. The Labute approximate surface area is 109 Å². The average molecular weight is 269 g/mol. The summed E-state index contributed by atoms with van der Waals surface area (Å²) in [5, 5.41) is 9.25. The van der Waals surface area contributed by atoms with E-state index in [2.05, 4.69) is 4.98 Å². The largest absolute Gasteiger partial charge is 0.392 e. The first-order chi connectivity index (χ1) is 8.20. The molecule has 3 nitrogen and oxygen atoms in total. The van der Waals surface area contributed by atoms with Gasteiger partial charge in [-0.25, -0.2) is 4.98 Å². The number of pyridine rings is 1. The van der Waals surface area contributed by atoms with Crippen LogP contribution in [0.3, 0.4) is 0 Å². The molecule has 0 saturated carbocycles. The number of halogens is 1. The molecule has 0 aromatic carbocycles. The van der Waals surface area contributed by atoms with Crippen molar-refractivity contribution in [3.05, 3.63) is 45.2 Å². The van der Waals surface area contributed by atoms with E-state index in [4.69, 9.17) is 11.6 Å². The fourth-order valence-electron chi connectivity index (χ4n) is 1.64. The first-order valence-corrected chi connectivity index (χ1v) is 6.40. The summed E-state index contributed by atoms with van der Waals surface area (Å²) in [7, 11) is 1.95. The molecule has 1 N–H and O–H groups in total. The number of hydrogen-bond acceptors (Lipinski definition) is 4. The fourth-order valence-corrected chi connectivity index (χ4v) is 2.78. The zero-order valence-electron chi connectivity index (χ0n) is 9.43. The molecule has 17 heavy (non-hydrogen) atoms. The van der Waals surface area contributed by atoms with Gasteiger partial charge in [-0.3, -0.25) is 0 Å². The van der Waals surface area contributed by atoms with Gasteiger partial charge in [0.15, 0.2) is 0 Å². The van der Waals surface area contributed by atoms with E-state index in [1.165, 1.54) is 4.88 Å². The first-order valence-electron chi connectivity index (χ1n) is 5.21. The topological polar surface area (TPSA) is 36.4 Å². The van der Waals surface area contributed by atoms with Gasteiger partial charge in [-0.1, -0.05) is 17.7 Å². The van der Waals surface area contributed by atoms with Gasteiger partial charge in [-0.05, 0) is 18.2 Å². The minimum Gasteiger partial charge on any atom is -0.392 e. The Kier molecular flexibility index (Phi) is 3.99. The van der Waals surface area contributed by atoms with Crippen LogP contribution >= 0.6 is 22.9 Å². The standard InChI is InChI=1S/C12H13ClN2OS/c1-15(7-10-4-5-11(13)17-10)12-9(8-16)3-2-6-14-12/h2-6,16H,7-8H2,1H3. The minimum absolute atomic E-state index is 0.00128. The van der Waals surface area contributed by atoms with Crippen LogP contribution < -0.4 is 4.90 Å². The van der Waals surface area contributed by atoms with E-state index in [9.17, 15) is 5.11 Å². The molecule has 0 aliphatic carbocycles. The van der Waals surface area contributed by atoms with Gasteiger partial charge in [0.2, 0.25) is 0 Å². The van der Waals surface area contributed by atoms with Crippen LogP contribution in [0.15, 0.2) is 30.5 Å². The lowest BCUT2D eigenvalue weighted by Gasteiger charge is -2.19. The van der Waals surface area contributed by atoms with Crippen molar-refractivity contribution in [2.45, 2.75) is 13.2 Å². The number of rotatable bonds is 4. The van der Waals surface area contributed by atoms with Crippen LogP contribution in [0, 0.1) is 0 Å². The molecular weight excluding hydrogens is 256 g/mol. The summed E-state index contributed by atoms with van der Waals surface area (Å²) in [6.45, 7) is 0.736. The summed E-state index contributed by atoms with van der Waals surface area (Å²) in [6, 6.07) is 7.59. The highest BCUT2D eigenvalue weighted by Crippen LogP contribution is 2.24. The highest BCUT2D eigenvalue weighted by atomic mass is 35.5. The molecule has 0 aliphatic heterocycles. The summed E-state index contributed by atoms with van der Waals surface area (Å²) in [4.78, 5) is 7.47. The Morgan fingerprint density at radius 1 is 1.41 bits per heavy atom. The third-order valence-corrected chi connectivity index (χ3v) is 3.64. The van der Waals surface area contributed by atoms with Crippen LogP contribution in [0.1, 0.15) is 10.4 Å². The monoisotopic (exact) mass is 268 g/mol. The highest BCUT2D eigenvalue weighted by molar-refractivity contribution is 7.16. The van der Waals surface area contributed by atoms with Gasteiger partial charge in [0, 0.05) is 23.7 Å². The van der Waals surface area contributed by atoms with Gasteiger partial charge in [-0.15, -0.1) is 11.3 Å². The van der Waals surface area contributed by atoms with Crippen molar-refractivity contribution < 1.29 is 5.11 Å². The third-order valence-electron chi connectivity index (χ3n) is 2.42. The predicted molar refractivity (Wildman–Crippen MR) is 71.6 cm³/mol. The fraction of sp³-hybridized carbons (Fsp3) is 0.250. The Hall–Kier alpha value is -1.10. The minimum atomic E-state index is -0.00128. The summed E-state index contributed by atoms with van der Waals surface area (Å²) in [5.74, 6) is 0.805. The van der Waals surface area contributed by atoms with Gasteiger partial charge >= 0.3 is 0 Å². The molecule has 0 radical (unpaired) electrons. The lowest BCUT2D eigenvalue weighted by molar-refractivity contribution is 0.281. The van der Waals surface area contributed by atoms with E-state index in [0.717, 1.165) is 22.3 Å². The molecule has 5 heteroatoms. The molecule has 2 aromatic heterocycles. The van der Waals surface area contributed by atoms with E-state index in [0.29, 0.717) is 0 Å². The highest BCUT2D eigenvalue weighted by Gasteiger charge is 2.09. The Balaban J connectivity index is 2.16. The van der Waals surface area contributed by atoms with Crippen LogP contribution in [0.2, 0.25) is 4.34 Å². The number of nitrogens with zero attached hydrogens (tertiary/aromatic N) is 2. The van der Waals surface area contributed by atoms with Crippen molar-refractivity contribution >= 4 is 28.8 Å². The lowest BCUT2D eigenvalue weighted by atomic mass is 10.2. The maximum atomic E-state index is 9.25. The van der Waals surface area contributed by atoms with E-state index in [1.54, 1.807) is 17.5 Å². The Bertz CT molecular complexity index is 501. The van der Waals surface area contributed by atoms with Crippen molar-refractivity contribution in [3.63, 3.8) is 0 Å². The van der Waals surface area contributed by atoms with E-state index < -0.39 is 0 Å². The zero-order valence-corrected chi connectivity index (χ0v) is 11.0. The second kappa shape index (κ2) is 5.49. The lowest BCUT2D eigenvalue weighted by Crippen LogP contribution is -2.18. The maximum absolute atomic E-state index is 9.25. The average Bonchev–Trinajstić information content (AvgIpc) is 2.74. The number of aliphatic hydroxyl groups is 1. The number of anilines is 1. The molecule has 0 bridgehead atoms. The first kappa shape index (κ1) is 12.4. The predicted octanol–water partition coefficient (Wildman–Crippen LogP) is 2.93. The number of aromatic nitrogens is 1. The van der Waals surface area contributed by atoms with Crippen LogP contribution in [-0.2, 0) is 13.2 Å².